The van der Waals surface area contributed by atoms with Crippen molar-refractivity contribution in [2.24, 2.45) is 5.41 Å². The van der Waals surface area contributed by atoms with Crippen molar-refractivity contribution in [3.8, 4) is 0 Å². The molecule has 2 amide bonds. The van der Waals surface area contributed by atoms with E-state index in [2.05, 4.69) is 5.32 Å². The number of aliphatic carboxylic acids is 1. The number of methoxy groups -OCH3 is 1. The molecule has 1 aliphatic carbocycles. The van der Waals surface area contributed by atoms with Crippen molar-refractivity contribution in [3.05, 3.63) is 0 Å². The first-order chi connectivity index (χ1) is 9.91. The summed E-state index contributed by atoms with van der Waals surface area (Å²) in [5, 5.41) is 11.9. The van der Waals surface area contributed by atoms with Gasteiger partial charge in [0, 0.05) is 33.7 Å². The van der Waals surface area contributed by atoms with Crippen LogP contribution in [-0.2, 0) is 19.1 Å². The van der Waals surface area contributed by atoms with E-state index < -0.39 is 11.4 Å². The maximum Gasteiger partial charge on any atom is 0.310 e. The average Bonchev–Trinajstić information content (AvgIpc) is 2.38. The lowest BCUT2D eigenvalue weighted by Gasteiger charge is -2.37. The molecule has 0 atom stereocenters. The van der Waals surface area contributed by atoms with Crippen molar-refractivity contribution >= 4 is 17.8 Å². The van der Waals surface area contributed by atoms with Gasteiger partial charge in [0.2, 0.25) is 11.8 Å². The second kappa shape index (κ2) is 7.97. The normalized spacial score (nSPS) is 15.9. The van der Waals surface area contributed by atoms with Crippen LogP contribution >= 0.6 is 0 Å². The highest BCUT2D eigenvalue weighted by Crippen LogP contribution is 2.44. The van der Waals surface area contributed by atoms with Gasteiger partial charge in [0.15, 0.2) is 0 Å². The molecule has 0 bridgehead atoms. The number of likely N-dealkylation sites (N-methyl/N-ethyl adjacent to an activating group) is 1. The molecule has 0 unspecified atom stereocenters. The first kappa shape index (κ1) is 17.4. The van der Waals surface area contributed by atoms with Crippen LogP contribution in [0, 0.1) is 5.41 Å². The summed E-state index contributed by atoms with van der Waals surface area (Å²) in [6, 6.07) is 0. The summed E-state index contributed by atoms with van der Waals surface area (Å²) in [6.07, 6.45) is 2.58. The Labute approximate surface area is 124 Å². The number of nitrogens with one attached hydrogen (secondary N) is 1. The summed E-state index contributed by atoms with van der Waals surface area (Å²) < 4.78 is 4.87. The molecule has 1 aliphatic rings. The second-order valence-corrected chi connectivity index (χ2v) is 5.56. The number of amides is 2. The molecule has 0 spiro atoms. The molecule has 1 saturated carbocycles. The SMILES string of the molecule is COCCCNC(=O)CN(C)C(=O)CC1(C(=O)O)CCC1. The van der Waals surface area contributed by atoms with Gasteiger partial charge in [0.05, 0.1) is 12.0 Å². The lowest BCUT2D eigenvalue weighted by molar-refractivity contribution is -0.159. The number of hydrogen-bond acceptors (Lipinski definition) is 4. The van der Waals surface area contributed by atoms with Gasteiger partial charge in [-0.15, -0.1) is 0 Å². The van der Waals surface area contributed by atoms with Crippen LogP contribution in [0.2, 0.25) is 0 Å². The van der Waals surface area contributed by atoms with Crippen molar-refractivity contribution in [1.29, 1.82) is 0 Å². The first-order valence-electron chi connectivity index (χ1n) is 7.14. The fourth-order valence-electron chi connectivity index (χ4n) is 2.30. The van der Waals surface area contributed by atoms with E-state index in [0.717, 1.165) is 6.42 Å². The number of nitrogens with zero attached hydrogens (tertiary/aromatic N) is 1. The minimum atomic E-state index is -0.917. The van der Waals surface area contributed by atoms with E-state index in [-0.39, 0.29) is 24.8 Å². The molecule has 7 heteroatoms. The monoisotopic (exact) mass is 300 g/mol. The Hall–Kier alpha value is -1.63. The van der Waals surface area contributed by atoms with Crippen molar-refractivity contribution in [1.82, 2.24) is 10.2 Å². The summed E-state index contributed by atoms with van der Waals surface area (Å²) in [4.78, 5) is 36.2. The number of carboxylic acid groups (broad SMARTS) is 1. The lowest BCUT2D eigenvalue weighted by atomic mass is 9.66. The molecule has 1 rings (SSSR count). The first-order valence-corrected chi connectivity index (χ1v) is 7.14. The van der Waals surface area contributed by atoms with Crippen LogP contribution in [0.3, 0.4) is 0 Å². The largest absolute Gasteiger partial charge is 0.481 e. The third-order valence-corrected chi connectivity index (χ3v) is 3.91. The zero-order valence-corrected chi connectivity index (χ0v) is 12.7. The summed E-state index contributed by atoms with van der Waals surface area (Å²) in [7, 11) is 3.11. The van der Waals surface area contributed by atoms with Gasteiger partial charge in [-0.1, -0.05) is 6.42 Å². The fraction of sp³-hybridized carbons (Fsp3) is 0.786. The summed E-state index contributed by atoms with van der Waals surface area (Å²) in [5.74, 6) is -1.47. The van der Waals surface area contributed by atoms with Gasteiger partial charge >= 0.3 is 5.97 Å². The number of carbonyl (C=O) groups is 3. The van der Waals surface area contributed by atoms with Gasteiger partial charge in [0.1, 0.15) is 0 Å². The van der Waals surface area contributed by atoms with E-state index in [1.54, 1.807) is 7.11 Å². The van der Waals surface area contributed by atoms with E-state index >= 15 is 0 Å². The molecule has 7 nitrogen and oxygen atoms in total. The van der Waals surface area contributed by atoms with E-state index in [0.29, 0.717) is 32.4 Å². The Morgan fingerprint density at radius 1 is 1.33 bits per heavy atom. The molecule has 0 heterocycles. The minimum Gasteiger partial charge on any atom is -0.481 e. The highest BCUT2D eigenvalue weighted by Gasteiger charge is 2.46. The van der Waals surface area contributed by atoms with Crippen molar-refractivity contribution < 1.29 is 24.2 Å². The molecule has 0 aromatic rings. The quantitative estimate of drug-likeness (QED) is 0.595. The highest BCUT2D eigenvalue weighted by atomic mass is 16.5. The average molecular weight is 300 g/mol. The van der Waals surface area contributed by atoms with Crippen LogP contribution in [0.15, 0.2) is 0 Å². The standard InChI is InChI=1S/C14H24N2O5/c1-16(10-11(17)15-7-4-8-21-2)12(18)9-14(13(19)20)5-3-6-14/h3-10H2,1-2H3,(H,15,17)(H,19,20). The predicted octanol–water partition coefficient (Wildman–Crippen LogP) is 0.243. The number of ether oxygens (including phenoxy) is 1. The molecule has 0 saturated heterocycles. The summed E-state index contributed by atoms with van der Waals surface area (Å²) in [5.41, 5.74) is -0.916. The van der Waals surface area contributed by atoms with E-state index in [4.69, 9.17) is 4.74 Å². The maximum atomic E-state index is 12.0. The Balaban J connectivity index is 2.33. The predicted molar refractivity (Wildman–Crippen MR) is 75.7 cm³/mol. The van der Waals surface area contributed by atoms with E-state index in [1.807, 2.05) is 0 Å². The van der Waals surface area contributed by atoms with E-state index in [9.17, 15) is 19.5 Å². The molecule has 2 N–H and O–H groups in total. The zero-order valence-electron chi connectivity index (χ0n) is 12.7. The number of carbonyl (C=O) groups excluding carboxylic acids is 2. The van der Waals surface area contributed by atoms with Gasteiger partial charge in [-0.2, -0.15) is 0 Å². The Bertz CT molecular complexity index is 393. The molecule has 0 aliphatic heterocycles. The molecule has 0 radical (unpaired) electrons. The number of carboxylic acids is 1. The zero-order chi connectivity index (χ0) is 15.9. The van der Waals surface area contributed by atoms with Gasteiger partial charge in [0.25, 0.3) is 0 Å². The third kappa shape index (κ3) is 5.00. The molecule has 120 valence electrons. The number of hydrogen-bond donors (Lipinski definition) is 2. The van der Waals surface area contributed by atoms with Crippen molar-refractivity contribution in [3.63, 3.8) is 0 Å². The van der Waals surface area contributed by atoms with Crippen LogP contribution in [0.25, 0.3) is 0 Å². The van der Waals surface area contributed by atoms with Crippen LogP contribution in [-0.4, -0.2) is 61.6 Å². The Morgan fingerprint density at radius 3 is 2.48 bits per heavy atom. The van der Waals surface area contributed by atoms with E-state index in [1.165, 1.54) is 11.9 Å². The molecule has 0 aromatic carbocycles. The lowest BCUT2D eigenvalue weighted by Crippen LogP contribution is -2.45. The minimum absolute atomic E-state index is 0.0320. The highest BCUT2D eigenvalue weighted by molar-refractivity contribution is 5.88. The van der Waals surface area contributed by atoms with Crippen LogP contribution < -0.4 is 5.32 Å². The van der Waals surface area contributed by atoms with Crippen LogP contribution in [0.5, 0.6) is 0 Å². The summed E-state index contributed by atoms with van der Waals surface area (Å²) >= 11 is 0. The molecular weight excluding hydrogens is 276 g/mol. The molecule has 1 fully saturated rings. The van der Waals surface area contributed by atoms with Gasteiger partial charge < -0.3 is 20.1 Å². The Kier molecular flexibility index (Phi) is 6.61. The van der Waals surface area contributed by atoms with Crippen molar-refractivity contribution in [2.75, 3.05) is 33.9 Å². The molecule has 0 aromatic heterocycles. The second-order valence-electron chi connectivity index (χ2n) is 5.56. The maximum absolute atomic E-state index is 12.0. The molecule has 21 heavy (non-hydrogen) atoms. The molecular formula is C14H24N2O5. The Morgan fingerprint density at radius 2 is 2.00 bits per heavy atom. The van der Waals surface area contributed by atoms with Crippen LogP contribution in [0.1, 0.15) is 32.1 Å². The number of rotatable bonds is 9. The summed E-state index contributed by atoms with van der Waals surface area (Å²) in [6.45, 7) is 1.01. The van der Waals surface area contributed by atoms with Gasteiger partial charge in [-0.25, -0.2) is 0 Å². The van der Waals surface area contributed by atoms with Crippen LogP contribution in [0.4, 0.5) is 0 Å². The third-order valence-electron chi connectivity index (χ3n) is 3.91. The van der Waals surface area contributed by atoms with Gasteiger partial charge in [-0.3, -0.25) is 14.4 Å². The van der Waals surface area contributed by atoms with Gasteiger partial charge in [-0.05, 0) is 19.3 Å². The topological polar surface area (TPSA) is 95.9 Å². The van der Waals surface area contributed by atoms with Crippen molar-refractivity contribution in [2.45, 2.75) is 32.1 Å². The smallest absolute Gasteiger partial charge is 0.310 e. The fourth-order valence-corrected chi connectivity index (χ4v) is 2.30.